The van der Waals surface area contributed by atoms with E-state index in [1.54, 1.807) is 7.11 Å². The number of aliphatic hydroxyl groups is 1. The van der Waals surface area contributed by atoms with Crippen LogP contribution in [0.4, 0.5) is 0 Å². The van der Waals surface area contributed by atoms with Crippen molar-refractivity contribution in [3.63, 3.8) is 0 Å². The van der Waals surface area contributed by atoms with Crippen LogP contribution in [0.1, 0.15) is 18.4 Å². The molecule has 1 aromatic rings. The molecule has 1 aliphatic carbocycles. The highest BCUT2D eigenvalue weighted by Gasteiger charge is 2.23. The molecule has 1 fully saturated rings. The second-order valence-corrected chi connectivity index (χ2v) is 4.82. The van der Waals surface area contributed by atoms with Crippen molar-refractivity contribution in [2.75, 3.05) is 13.7 Å². The van der Waals surface area contributed by atoms with E-state index in [4.69, 9.17) is 9.47 Å². The van der Waals surface area contributed by atoms with Crippen LogP contribution in [0.15, 0.2) is 16.6 Å². The minimum absolute atomic E-state index is 0.0578. The monoisotopic (exact) mass is 286 g/mol. The third kappa shape index (κ3) is 2.50. The number of halogens is 1. The molecule has 4 heteroatoms. The fourth-order valence-corrected chi connectivity index (χ4v) is 1.97. The lowest BCUT2D eigenvalue weighted by molar-refractivity contribution is 0.248. The van der Waals surface area contributed by atoms with Crippen molar-refractivity contribution in [1.82, 2.24) is 0 Å². The fourth-order valence-electron chi connectivity index (χ4n) is 1.53. The van der Waals surface area contributed by atoms with Gasteiger partial charge in [-0.3, -0.25) is 0 Å². The molecule has 0 heterocycles. The van der Waals surface area contributed by atoms with Gasteiger partial charge in [0.05, 0.1) is 20.3 Å². The summed E-state index contributed by atoms with van der Waals surface area (Å²) in [7, 11) is 1.61. The maximum absolute atomic E-state index is 9.33. The van der Waals surface area contributed by atoms with Gasteiger partial charge in [-0.1, -0.05) is 15.9 Å². The number of ether oxygens (including phenoxy) is 2. The summed E-state index contributed by atoms with van der Waals surface area (Å²) in [5.74, 6) is 2.01. The van der Waals surface area contributed by atoms with Crippen molar-refractivity contribution in [2.45, 2.75) is 19.4 Å². The summed E-state index contributed by atoms with van der Waals surface area (Å²) >= 11 is 3.40. The Labute approximate surface area is 104 Å². The molecule has 0 saturated heterocycles. The number of aliphatic hydroxyl groups excluding tert-OH is 1. The molecule has 0 aromatic heterocycles. The largest absolute Gasteiger partial charge is 0.493 e. The van der Waals surface area contributed by atoms with Crippen LogP contribution in [0.2, 0.25) is 0 Å². The number of rotatable bonds is 5. The maximum atomic E-state index is 9.33. The second-order valence-electron chi connectivity index (χ2n) is 3.97. The molecule has 1 aliphatic rings. The molecule has 3 nitrogen and oxygen atoms in total. The molecule has 0 radical (unpaired) electrons. The van der Waals surface area contributed by atoms with Gasteiger partial charge < -0.3 is 14.6 Å². The Hall–Kier alpha value is -0.740. The molecule has 2 rings (SSSR count). The average Bonchev–Trinajstić information content (AvgIpc) is 3.10. The van der Waals surface area contributed by atoms with Crippen molar-refractivity contribution in [2.24, 2.45) is 5.92 Å². The van der Waals surface area contributed by atoms with Gasteiger partial charge in [-0.15, -0.1) is 0 Å². The highest BCUT2D eigenvalue weighted by Crippen LogP contribution is 2.38. The van der Waals surface area contributed by atoms with Crippen LogP contribution in [0.5, 0.6) is 11.5 Å². The minimum Gasteiger partial charge on any atom is -0.493 e. The van der Waals surface area contributed by atoms with Gasteiger partial charge in [-0.05, 0) is 30.9 Å². The number of benzene rings is 1. The van der Waals surface area contributed by atoms with Gasteiger partial charge in [0.2, 0.25) is 0 Å². The molecule has 88 valence electrons. The first-order chi connectivity index (χ1) is 7.76. The Kier molecular flexibility index (Phi) is 3.71. The Bertz CT molecular complexity index is 375. The van der Waals surface area contributed by atoms with Crippen LogP contribution in [-0.2, 0) is 6.61 Å². The Morgan fingerprint density at radius 3 is 2.75 bits per heavy atom. The van der Waals surface area contributed by atoms with Crippen LogP contribution in [-0.4, -0.2) is 18.8 Å². The highest BCUT2D eigenvalue weighted by atomic mass is 79.9. The number of hydrogen-bond acceptors (Lipinski definition) is 3. The lowest BCUT2D eigenvalue weighted by Crippen LogP contribution is -2.04. The average molecular weight is 287 g/mol. The lowest BCUT2D eigenvalue weighted by atomic mass is 10.2. The van der Waals surface area contributed by atoms with E-state index in [1.165, 1.54) is 12.8 Å². The van der Waals surface area contributed by atoms with E-state index < -0.39 is 0 Å². The molecule has 0 amide bonds. The molecule has 1 saturated carbocycles. The van der Waals surface area contributed by atoms with E-state index in [1.807, 2.05) is 12.1 Å². The topological polar surface area (TPSA) is 38.7 Å². The van der Waals surface area contributed by atoms with Gasteiger partial charge in [0, 0.05) is 10.0 Å². The predicted molar refractivity (Wildman–Crippen MR) is 64.8 cm³/mol. The zero-order valence-electron chi connectivity index (χ0n) is 9.20. The summed E-state index contributed by atoms with van der Waals surface area (Å²) < 4.78 is 11.8. The Morgan fingerprint density at radius 2 is 2.19 bits per heavy atom. The molecule has 0 atom stereocenters. The minimum atomic E-state index is -0.0578. The third-order valence-electron chi connectivity index (χ3n) is 2.71. The van der Waals surface area contributed by atoms with E-state index >= 15 is 0 Å². The first-order valence-corrected chi connectivity index (χ1v) is 6.14. The van der Waals surface area contributed by atoms with Crippen molar-refractivity contribution >= 4 is 15.9 Å². The van der Waals surface area contributed by atoms with E-state index in [0.29, 0.717) is 24.0 Å². The zero-order chi connectivity index (χ0) is 11.5. The summed E-state index contributed by atoms with van der Waals surface area (Å²) in [5.41, 5.74) is 0.750. The standard InChI is InChI=1S/C12H15BrO3/c1-15-11-5-4-10(13)9(6-14)12(11)16-7-8-2-3-8/h4-5,8,14H,2-3,6-7H2,1H3. The van der Waals surface area contributed by atoms with Crippen LogP contribution in [0.3, 0.4) is 0 Å². The Morgan fingerprint density at radius 1 is 1.44 bits per heavy atom. The molecule has 16 heavy (non-hydrogen) atoms. The maximum Gasteiger partial charge on any atom is 0.167 e. The van der Waals surface area contributed by atoms with E-state index in [9.17, 15) is 5.11 Å². The SMILES string of the molecule is COc1ccc(Br)c(CO)c1OCC1CC1. The molecule has 1 N–H and O–H groups in total. The van der Waals surface area contributed by atoms with Gasteiger partial charge >= 0.3 is 0 Å². The van der Waals surface area contributed by atoms with Gasteiger partial charge in [-0.25, -0.2) is 0 Å². The van der Waals surface area contributed by atoms with Gasteiger partial charge in [-0.2, -0.15) is 0 Å². The number of methoxy groups -OCH3 is 1. The quantitative estimate of drug-likeness (QED) is 0.905. The van der Waals surface area contributed by atoms with Crippen LogP contribution in [0, 0.1) is 5.92 Å². The summed E-state index contributed by atoms with van der Waals surface area (Å²) in [4.78, 5) is 0. The van der Waals surface area contributed by atoms with Gasteiger partial charge in [0.1, 0.15) is 0 Å². The summed E-state index contributed by atoms with van der Waals surface area (Å²) in [6.07, 6.45) is 2.48. The highest BCUT2D eigenvalue weighted by molar-refractivity contribution is 9.10. The van der Waals surface area contributed by atoms with Crippen LogP contribution >= 0.6 is 15.9 Å². The van der Waals surface area contributed by atoms with Crippen molar-refractivity contribution in [3.05, 3.63) is 22.2 Å². The molecular weight excluding hydrogens is 272 g/mol. The van der Waals surface area contributed by atoms with Crippen LogP contribution in [0.25, 0.3) is 0 Å². The third-order valence-corrected chi connectivity index (χ3v) is 3.45. The molecular formula is C12H15BrO3. The Balaban J connectivity index is 2.24. The molecule has 1 aromatic carbocycles. The second kappa shape index (κ2) is 5.06. The zero-order valence-corrected chi connectivity index (χ0v) is 10.8. The molecule has 0 bridgehead atoms. The van der Waals surface area contributed by atoms with Gasteiger partial charge in [0.15, 0.2) is 11.5 Å². The summed E-state index contributed by atoms with van der Waals surface area (Å²) in [6, 6.07) is 3.69. The van der Waals surface area contributed by atoms with Crippen molar-refractivity contribution in [1.29, 1.82) is 0 Å². The van der Waals surface area contributed by atoms with Crippen molar-refractivity contribution in [3.8, 4) is 11.5 Å². The van der Waals surface area contributed by atoms with Gasteiger partial charge in [0.25, 0.3) is 0 Å². The predicted octanol–water partition coefficient (Wildman–Crippen LogP) is 2.74. The first kappa shape index (κ1) is 11.7. The molecule has 0 unspecified atom stereocenters. The first-order valence-electron chi connectivity index (χ1n) is 5.35. The van der Waals surface area contributed by atoms with Crippen molar-refractivity contribution < 1.29 is 14.6 Å². The summed E-state index contributed by atoms with van der Waals surface area (Å²) in [5, 5.41) is 9.33. The fraction of sp³-hybridized carbons (Fsp3) is 0.500. The molecule has 0 aliphatic heterocycles. The number of hydrogen-bond donors (Lipinski definition) is 1. The molecule has 0 spiro atoms. The van der Waals surface area contributed by atoms with E-state index in [-0.39, 0.29) is 6.61 Å². The van der Waals surface area contributed by atoms with E-state index in [2.05, 4.69) is 15.9 Å². The normalized spacial score (nSPS) is 14.9. The lowest BCUT2D eigenvalue weighted by Gasteiger charge is -2.15. The van der Waals surface area contributed by atoms with E-state index in [0.717, 1.165) is 10.0 Å². The van der Waals surface area contributed by atoms with Crippen LogP contribution < -0.4 is 9.47 Å². The smallest absolute Gasteiger partial charge is 0.167 e. The summed E-state index contributed by atoms with van der Waals surface area (Å²) in [6.45, 7) is 0.650.